The fraction of sp³-hybridized carbons (Fsp3) is 0.353. The summed E-state index contributed by atoms with van der Waals surface area (Å²) >= 11 is 0. The second-order valence-electron chi connectivity index (χ2n) is 5.64. The van der Waals surface area contributed by atoms with Crippen LogP contribution in [0.5, 0.6) is 0 Å². The number of pyridine rings is 2. The Morgan fingerprint density at radius 3 is 2.35 bits per heavy atom. The van der Waals surface area contributed by atoms with Gasteiger partial charge in [0.1, 0.15) is 11.6 Å². The van der Waals surface area contributed by atoms with Gasteiger partial charge in [-0.05, 0) is 55.6 Å². The Balaban J connectivity index is 1.64. The van der Waals surface area contributed by atoms with Crippen LogP contribution in [-0.2, 0) is 0 Å². The van der Waals surface area contributed by atoms with E-state index in [1.54, 1.807) is 25.4 Å². The number of aromatic nitrogens is 2. The van der Waals surface area contributed by atoms with Gasteiger partial charge in [-0.25, -0.2) is 9.97 Å². The van der Waals surface area contributed by atoms with Gasteiger partial charge in [-0.15, -0.1) is 0 Å². The molecule has 0 bridgehead atoms. The van der Waals surface area contributed by atoms with Crippen molar-refractivity contribution in [2.45, 2.75) is 18.8 Å². The summed E-state index contributed by atoms with van der Waals surface area (Å²) in [6, 6.07) is 7.61. The van der Waals surface area contributed by atoms with Gasteiger partial charge in [-0.3, -0.25) is 4.79 Å². The highest BCUT2D eigenvalue weighted by molar-refractivity contribution is 5.93. The molecule has 1 fully saturated rings. The van der Waals surface area contributed by atoms with E-state index in [-0.39, 0.29) is 5.91 Å². The molecule has 0 spiro atoms. The average molecular weight is 311 g/mol. The molecule has 6 nitrogen and oxygen atoms in total. The number of hydrogen-bond acceptors (Lipinski definition) is 5. The molecule has 1 saturated heterocycles. The maximum absolute atomic E-state index is 11.5. The van der Waals surface area contributed by atoms with Crippen molar-refractivity contribution in [3.05, 3.63) is 47.8 Å². The Kier molecular flexibility index (Phi) is 4.83. The maximum Gasteiger partial charge on any atom is 0.252 e. The molecule has 0 radical (unpaired) electrons. The predicted octanol–water partition coefficient (Wildman–Crippen LogP) is 2.05. The Morgan fingerprint density at radius 2 is 1.78 bits per heavy atom. The summed E-state index contributed by atoms with van der Waals surface area (Å²) in [5, 5.41) is 9.10. The third kappa shape index (κ3) is 3.84. The highest BCUT2D eigenvalue weighted by Crippen LogP contribution is 2.25. The smallest absolute Gasteiger partial charge is 0.252 e. The number of carbonyl (C=O) groups excluding carboxylic acids is 1. The quantitative estimate of drug-likeness (QED) is 0.805. The monoisotopic (exact) mass is 311 g/mol. The molecule has 23 heavy (non-hydrogen) atoms. The number of piperidine rings is 1. The summed E-state index contributed by atoms with van der Waals surface area (Å²) in [7, 11) is 1.60. The molecule has 3 rings (SSSR count). The standard InChI is InChI=1S/C17H21N5O/c1-18-17(23)14-3-5-16(21-11-14)22-15-4-2-13(10-20-15)12-6-8-19-9-7-12/h2-5,10-12,19H,6-9H2,1H3,(H,18,23)(H,20,21,22). The first-order valence-corrected chi connectivity index (χ1v) is 7.88. The molecule has 1 aliphatic heterocycles. The van der Waals surface area contributed by atoms with Crippen LogP contribution < -0.4 is 16.0 Å². The van der Waals surface area contributed by atoms with Crippen molar-refractivity contribution in [2.24, 2.45) is 0 Å². The van der Waals surface area contributed by atoms with E-state index < -0.39 is 0 Å². The van der Waals surface area contributed by atoms with Crippen LogP contribution in [0.3, 0.4) is 0 Å². The van der Waals surface area contributed by atoms with E-state index in [2.05, 4.69) is 32.0 Å². The molecule has 2 aromatic rings. The molecule has 0 aromatic carbocycles. The van der Waals surface area contributed by atoms with Gasteiger partial charge in [0.25, 0.3) is 5.91 Å². The van der Waals surface area contributed by atoms with Crippen molar-refractivity contribution < 1.29 is 4.79 Å². The zero-order valence-electron chi connectivity index (χ0n) is 13.2. The van der Waals surface area contributed by atoms with E-state index in [1.165, 1.54) is 5.56 Å². The molecule has 0 unspecified atom stereocenters. The highest BCUT2D eigenvalue weighted by atomic mass is 16.1. The molecule has 2 aromatic heterocycles. The molecule has 0 atom stereocenters. The summed E-state index contributed by atoms with van der Waals surface area (Å²) in [4.78, 5) is 20.2. The summed E-state index contributed by atoms with van der Waals surface area (Å²) < 4.78 is 0. The molecule has 120 valence electrons. The van der Waals surface area contributed by atoms with Gasteiger partial charge in [0, 0.05) is 19.4 Å². The van der Waals surface area contributed by atoms with Gasteiger partial charge in [0.15, 0.2) is 0 Å². The Labute approximate surface area is 135 Å². The van der Waals surface area contributed by atoms with Crippen LogP contribution in [-0.4, -0.2) is 36.0 Å². The van der Waals surface area contributed by atoms with E-state index >= 15 is 0 Å². The number of rotatable bonds is 4. The Bertz CT molecular complexity index is 648. The number of nitrogens with one attached hydrogen (secondary N) is 3. The van der Waals surface area contributed by atoms with Crippen LogP contribution in [0.2, 0.25) is 0 Å². The van der Waals surface area contributed by atoms with Crippen LogP contribution >= 0.6 is 0 Å². The van der Waals surface area contributed by atoms with E-state index in [0.717, 1.165) is 31.7 Å². The third-order valence-corrected chi connectivity index (χ3v) is 4.11. The highest BCUT2D eigenvalue weighted by Gasteiger charge is 2.15. The van der Waals surface area contributed by atoms with E-state index in [1.807, 2.05) is 12.3 Å². The predicted molar refractivity (Wildman–Crippen MR) is 90.0 cm³/mol. The lowest BCUT2D eigenvalue weighted by Gasteiger charge is -2.22. The molecular weight excluding hydrogens is 290 g/mol. The van der Waals surface area contributed by atoms with E-state index in [9.17, 15) is 4.79 Å². The van der Waals surface area contributed by atoms with E-state index in [4.69, 9.17) is 0 Å². The lowest BCUT2D eigenvalue weighted by molar-refractivity contribution is 0.0963. The van der Waals surface area contributed by atoms with Crippen molar-refractivity contribution in [2.75, 3.05) is 25.5 Å². The number of carbonyl (C=O) groups is 1. The first-order valence-electron chi connectivity index (χ1n) is 7.88. The maximum atomic E-state index is 11.5. The molecule has 0 saturated carbocycles. The normalized spacial score (nSPS) is 15.2. The molecule has 3 heterocycles. The van der Waals surface area contributed by atoms with Gasteiger partial charge < -0.3 is 16.0 Å². The lowest BCUT2D eigenvalue weighted by atomic mass is 9.91. The van der Waals surface area contributed by atoms with Crippen LogP contribution in [0.4, 0.5) is 11.6 Å². The molecule has 1 aliphatic rings. The second kappa shape index (κ2) is 7.19. The van der Waals surface area contributed by atoms with Gasteiger partial charge in [-0.1, -0.05) is 6.07 Å². The van der Waals surface area contributed by atoms with Gasteiger partial charge in [-0.2, -0.15) is 0 Å². The lowest BCUT2D eigenvalue weighted by Crippen LogP contribution is -2.26. The average Bonchev–Trinajstić information content (AvgIpc) is 2.63. The van der Waals surface area contributed by atoms with Crippen molar-refractivity contribution in [1.82, 2.24) is 20.6 Å². The number of amides is 1. The third-order valence-electron chi connectivity index (χ3n) is 4.11. The fourth-order valence-corrected chi connectivity index (χ4v) is 2.75. The van der Waals surface area contributed by atoms with Crippen LogP contribution in [0, 0.1) is 0 Å². The minimum atomic E-state index is -0.145. The largest absolute Gasteiger partial charge is 0.355 e. The molecule has 3 N–H and O–H groups in total. The zero-order valence-corrected chi connectivity index (χ0v) is 13.2. The minimum Gasteiger partial charge on any atom is -0.355 e. The molecular formula is C17H21N5O. The summed E-state index contributed by atoms with van der Waals surface area (Å²) in [5.74, 6) is 1.87. The van der Waals surface area contributed by atoms with Crippen LogP contribution in [0.25, 0.3) is 0 Å². The van der Waals surface area contributed by atoms with Crippen molar-refractivity contribution >= 4 is 17.5 Å². The minimum absolute atomic E-state index is 0.145. The molecule has 1 amide bonds. The summed E-state index contributed by atoms with van der Waals surface area (Å²) in [6.07, 6.45) is 5.82. The number of hydrogen-bond donors (Lipinski definition) is 3. The first kappa shape index (κ1) is 15.4. The zero-order chi connectivity index (χ0) is 16.1. The number of nitrogens with zero attached hydrogens (tertiary/aromatic N) is 2. The second-order valence-corrected chi connectivity index (χ2v) is 5.64. The van der Waals surface area contributed by atoms with Crippen molar-refractivity contribution in [3.63, 3.8) is 0 Å². The van der Waals surface area contributed by atoms with Crippen molar-refractivity contribution in [1.29, 1.82) is 0 Å². The Hall–Kier alpha value is -2.47. The number of anilines is 2. The Morgan fingerprint density at radius 1 is 1.09 bits per heavy atom. The summed E-state index contributed by atoms with van der Waals surface area (Å²) in [6.45, 7) is 2.15. The van der Waals surface area contributed by atoms with Gasteiger partial charge in [0.05, 0.1) is 5.56 Å². The molecule has 0 aliphatic carbocycles. The fourth-order valence-electron chi connectivity index (χ4n) is 2.75. The topological polar surface area (TPSA) is 78.9 Å². The van der Waals surface area contributed by atoms with Gasteiger partial charge >= 0.3 is 0 Å². The van der Waals surface area contributed by atoms with Crippen LogP contribution in [0.15, 0.2) is 36.7 Å². The van der Waals surface area contributed by atoms with Crippen LogP contribution in [0.1, 0.15) is 34.7 Å². The SMILES string of the molecule is CNC(=O)c1ccc(Nc2ccc(C3CCNCC3)cn2)nc1. The van der Waals surface area contributed by atoms with Crippen molar-refractivity contribution in [3.8, 4) is 0 Å². The first-order chi connectivity index (χ1) is 11.3. The molecule has 6 heteroatoms. The van der Waals surface area contributed by atoms with E-state index in [0.29, 0.717) is 17.3 Å². The van der Waals surface area contributed by atoms with Gasteiger partial charge in [0.2, 0.25) is 0 Å². The summed E-state index contributed by atoms with van der Waals surface area (Å²) in [5.41, 5.74) is 1.83.